The number of aromatic hydroxyl groups is 1. The fourth-order valence-electron chi connectivity index (χ4n) is 2.78. The van der Waals surface area contributed by atoms with Crippen molar-refractivity contribution in [3.8, 4) is 5.75 Å². The van der Waals surface area contributed by atoms with E-state index in [0.717, 1.165) is 0 Å². The molecule has 7 heteroatoms. The first-order valence-electron chi connectivity index (χ1n) is 8.31. The quantitative estimate of drug-likeness (QED) is 0.730. The van der Waals surface area contributed by atoms with Crippen LogP contribution in [0, 0.1) is 5.92 Å². The van der Waals surface area contributed by atoms with Gasteiger partial charge in [-0.3, -0.25) is 4.79 Å². The predicted octanol–water partition coefficient (Wildman–Crippen LogP) is 2.70. The van der Waals surface area contributed by atoms with Crippen molar-refractivity contribution < 1.29 is 23.1 Å². The smallest absolute Gasteiger partial charge is 0.219 e. The van der Waals surface area contributed by atoms with Crippen LogP contribution >= 0.6 is 0 Å². The summed E-state index contributed by atoms with van der Waals surface area (Å²) in [6.07, 6.45) is 0.981. The number of ketones is 1. The number of rotatable bonds is 8. The average molecular weight is 371 g/mol. The number of carbonyl (C=O) groups is 1. The fraction of sp³-hybridized carbons (Fsp3) is 0.611. The van der Waals surface area contributed by atoms with Crippen LogP contribution in [0.3, 0.4) is 0 Å². The molecule has 3 N–H and O–H groups in total. The molecule has 1 rings (SSSR count). The lowest BCUT2D eigenvalue weighted by Crippen LogP contribution is -2.48. The SMILES string of the molecule is CCCC(C(=O)COC(C)(C)C)C(C)(c1ccc(O)cc1)S(N)(=O)=O. The molecule has 2 atom stereocenters. The van der Waals surface area contributed by atoms with Gasteiger partial charge in [-0.25, -0.2) is 13.6 Å². The molecule has 0 spiro atoms. The molecule has 25 heavy (non-hydrogen) atoms. The standard InChI is InChI=1S/C18H29NO5S/c1-6-7-15(16(21)12-24-17(2,3)4)18(5,25(19,22)23)13-8-10-14(20)11-9-13/h8-11,15,20H,6-7,12H2,1-5H3,(H2,19,22,23). The Bertz CT molecular complexity index is 691. The third-order valence-electron chi connectivity index (χ3n) is 4.31. The van der Waals surface area contributed by atoms with Gasteiger partial charge < -0.3 is 9.84 Å². The van der Waals surface area contributed by atoms with Crippen LogP contribution in [0.15, 0.2) is 24.3 Å². The number of benzene rings is 1. The lowest BCUT2D eigenvalue weighted by molar-refractivity contribution is -0.133. The molecular formula is C18H29NO5S. The number of hydrogen-bond acceptors (Lipinski definition) is 5. The Balaban J connectivity index is 3.37. The van der Waals surface area contributed by atoms with Gasteiger partial charge in [-0.15, -0.1) is 0 Å². The topological polar surface area (TPSA) is 107 Å². The predicted molar refractivity (Wildman–Crippen MR) is 97.7 cm³/mol. The zero-order chi connectivity index (χ0) is 19.5. The summed E-state index contributed by atoms with van der Waals surface area (Å²) in [6, 6.07) is 5.75. The minimum atomic E-state index is -4.11. The van der Waals surface area contributed by atoms with E-state index in [1.165, 1.54) is 31.2 Å². The van der Waals surface area contributed by atoms with Crippen LogP contribution < -0.4 is 5.14 Å². The molecule has 0 aliphatic carbocycles. The summed E-state index contributed by atoms with van der Waals surface area (Å²) < 4.78 is 28.9. The second-order valence-corrected chi connectivity index (χ2v) is 9.35. The highest BCUT2D eigenvalue weighted by Crippen LogP contribution is 2.40. The monoisotopic (exact) mass is 371 g/mol. The van der Waals surface area contributed by atoms with E-state index in [9.17, 15) is 18.3 Å². The van der Waals surface area contributed by atoms with E-state index in [0.29, 0.717) is 18.4 Å². The highest BCUT2D eigenvalue weighted by atomic mass is 32.2. The van der Waals surface area contributed by atoms with E-state index in [4.69, 9.17) is 9.88 Å². The number of primary sulfonamides is 1. The maximum absolute atomic E-state index is 12.8. The van der Waals surface area contributed by atoms with Crippen LogP contribution in [0.25, 0.3) is 0 Å². The minimum absolute atomic E-state index is 0.00922. The summed E-state index contributed by atoms with van der Waals surface area (Å²) in [5.41, 5.74) is -0.140. The second kappa shape index (κ2) is 7.85. The van der Waals surface area contributed by atoms with Crippen LogP contribution in [0.2, 0.25) is 0 Å². The number of nitrogens with two attached hydrogens (primary N) is 1. The molecule has 0 amide bonds. The molecule has 0 radical (unpaired) electrons. The number of hydrogen-bond donors (Lipinski definition) is 2. The van der Waals surface area contributed by atoms with E-state index in [2.05, 4.69) is 0 Å². The van der Waals surface area contributed by atoms with Gasteiger partial charge in [0.2, 0.25) is 10.0 Å². The van der Waals surface area contributed by atoms with Crippen molar-refractivity contribution >= 4 is 15.8 Å². The van der Waals surface area contributed by atoms with E-state index in [1.807, 2.05) is 27.7 Å². The molecular weight excluding hydrogens is 342 g/mol. The average Bonchev–Trinajstić information content (AvgIpc) is 2.48. The van der Waals surface area contributed by atoms with Crippen LogP contribution in [0.4, 0.5) is 0 Å². The maximum Gasteiger partial charge on any atom is 0.219 e. The van der Waals surface area contributed by atoms with E-state index < -0.39 is 26.3 Å². The van der Waals surface area contributed by atoms with Crippen molar-refractivity contribution in [2.24, 2.45) is 11.1 Å². The van der Waals surface area contributed by atoms with E-state index in [-0.39, 0.29) is 18.1 Å². The Kier molecular flexibility index (Phi) is 6.78. The molecule has 142 valence electrons. The molecule has 0 saturated heterocycles. The number of phenols is 1. The molecule has 2 unspecified atom stereocenters. The molecule has 0 heterocycles. The zero-order valence-corrected chi connectivity index (χ0v) is 16.4. The maximum atomic E-state index is 12.8. The highest BCUT2D eigenvalue weighted by molar-refractivity contribution is 7.90. The number of phenolic OH excluding ortho intramolecular Hbond substituents is 1. The Labute approximate surface area is 150 Å². The third kappa shape index (κ3) is 5.26. The van der Waals surface area contributed by atoms with Gasteiger partial charge in [-0.05, 0) is 51.8 Å². The molecule has 1 aromatic rings. The summed E-state index contributed by atoms with van der Waals surface area (Å²) in [4.78, 5) is 12.8. The van der Waals surface area contributed by atoms with Gasteiger partial charge in [0.25, 0.3) is 0 Å². The first kappa shape index (κ1) is 21.6. The van der Waals surface area contributed by atoms with Crippen molar-refractivity contribution in [3.63, 3.8) is 0 Å². The van der Waals surface area contributed by atoms with Gasteiger partial charge in [0.05, 0.1) is 5.60 Å². The Morgan fingerprint density at radius 2 is 1.72 bits per heavy atom. The van der Waals surface area contributed by atoms with Crippen molar-refractivity contribution in [3.05, 3.63) is 29.8 Å². The summed E-state index contributed by atoms with van der Waals surface area (Å²) in [7, 11) is -4.11. The first-order valence-corrected chi connectivity index (χ1v) is 9.86. The minimum Gasteiger partial charge on any atom is -0.508 e. The van der Waals surface area contributed by atoms with Gasteiger partial charge >= 0.3 is 0 Å². The van der Waals surface area contributed by atoms with Gasteiger partial charge in [-0.1, -0.05) is 25.5 Å². The van der Waals surface area contributed by atoms with Gasteiger partial charge in [0.1, 0.15) is 17.1 Å². The number of Topliss-reactive ketones (excluding diaryl/α,β-unsaturated/α-hetero) is 1. The molecule has 0 bridgehead atoms. The normalized spacial score (nSPS) is 16.2. The Hall–Kier alpha value is -1.44. The number of sulfonamides is 1. The summed E-state index contributed by atoms with van der Waals surface area (Å²) in [5, 5.41) is 15.0. The molecule has 0 aromatic heterocycles. The second-order valence-electron chi connectivity index (χ2n) is 7.41. The van der Waals surface area contributed by atoms with E-state index in [1.54, 1.807) is 0 Å². The lowest BCUT2D eigenvalue weighted by Gasteiger charge is -2.35. The van der Waals surface area contributed by atoms with Crippen molar-refractivity contribution in [2.45, 2.75) is 57.8 Å². The summed E-state index contributed by atoms with van der Waals surface area (Å²) >= 11 is 0. The number of carbonyl (C=O) groups excluding carboxylic acids is 1. The molecule has 0 fully saturated rings. The van der Waals surface area contributed by atoms with Crippen LogP contribution in [0.5, 0.6) is 5.75 Å². The van der Waals surface area contributed by atoms with E-state index >= 15 is 0 Å². The lowest BCUT2D eigenvalue weighted by atomic mass is 9.81. The van der Waals surface area contributed by atoms with Gasteiger partial charge in [-0.2, -0.15) is 0 Å². The molecule has 0 saturated carbocycles. The largest absolute Gasteiger partial charge is 0.508 e. The van der Waals surface area contributed by atoms with Crippen molar-refractivity contribution in [1.82, 2.24) is 0 Å². The van der Waals surface area contributed by atoms with Crippen molar-refractivity contribution in [1.29, 1.82) is 0 Å². The molecule has 0 aliphatic heterocycles. The number of ether oxygens (including phenoxy) is 1. The summed E-state index contributed by atoms with van der Waals surface area (Å²) in [5.74, 6) is -1.14. The van der Waals surface area contributed by atoms with Crippen LogP contribution in [-0.4, -0.2) is 31.5 Å². The third-order valence-corrected chi connectivity index (χ3v) is 6.01. The summed E-state index contributed by atoms with van der Waals surface area (Å²) in [6.45, 7) is 8.64. The van der Waals surface area contributed by atoms with Gasteiger partial charge in [0.15, 0.2) is 5.78 Å². The van der Waals surface area contributed by atoms with Crippen molar-refractivity contribution in [2.75, 3.05) is 6.61 Å². The molecule has 0 aliphatic rings. The highest BCUT2D eigenvalue weighted by Gasteiger charge is 2.48. The Morgan fingerprint density at radius 1 is 1.20 bits per heavy atom. The van der Waals surface area contributed by atoms with Crippen LogP contribution in [-0.2, 0) is 24.3 Å². The fourth-order valence-corrected chi connectivity index (χ4v) is 3.89. The van der Waals surface area contributed by atoms with Gasteiger partial charge in [0, 0.05) is 5.92 Å². The zero-order valence-electron chi connectivity index (χ0n) is 15.6. The Morgan fingerprint density at radius 3 is 2.12 bits per heavy atom. The first-order chi connectivity index (χ1) is 11.3. The molecule has 1 aromatic carbocycles. The molecule has 6 nitrogen and oxygen atoms in total. The van der Waals surface area contributed by atoms with Crippen LogP contribution in [0.1, 0.15) is 53.0 Å².